The van der Waals surface area contributed by atoms with Crippen molar-refractivity contribution in [3.63, 3.8) is 0 Å². The first kappa shape index (κ1) is 19.2. The lowest BCUT2D eigenvalue weighted by Gasteiger charge is -2.23. The quantitative estimate of drug-likeness (QED) is 0.678. The van der Waals surface area contributed by atoms with Crippen LogP contribution >= 0.6 is 0 Å². The van der Waals surface area contributed by atoms with E-state index in [0.717, 1.165) is 62.3 Å². The molecular formula is C22H28N6O2. The van der Waals surface area contributed by atoms with Crippen LogP contribution in [0.1, 0.15) is 53.5 Å². The number of carbonyl (C=O) groups is 1. The van der Waals surface area contributed by atoms with Gasteiger partial charge in [-0.3, -0.25) is 9.48 Å². The SMILES string of the molecule is Cc1cc(C)n(CC2(CNC(=O)c3cnc4c(c3)ncn4C3CCOCC3)CC2)n1. The van der Waals surface area contributed by atoms with Crippen molar-refractivity contribution in [2.45, 2.75) is 52.1 Å². The van der Waals surface area contributed by atoms with E-state index in [9.17, 15) is 4.79 Å². The number of nitrogens with zero attached hydrogens (tertiary/aromatic N) is 5. The highest BCUT2D eigenvalue weighted by Crippen LogP contribution is 2.46. The Morgan fingerprint density at radius 3 is 2.73 bits per heavy atom. The van der Waals surface area contributed by atoms with Gasteiger partial charge in [0.15, 0.2) is 5.65 Å². The number of ether oxygens (including phenoxy) is 1. The summed E-state index contributed by atoms with van der Waals surface area (Å²) in [5.41, 5.74) is 4.47. The predicted molar refractivity (Wildman–Crippen MR) is 112 cm³/mol. The number of imidazole rings is 1. The van der Waals surface area contributed by atoms with E-state index in [2.05, 4.69) is 42.6 Å². The monoisotopic (exact) mass is 408 g/mol. The first-order chi connectivity index (χ1) is 14.5. The van der Waals surface area contributed by atoms with Crippen molar-refractivity contribution in [2.24, 2.45) is 5.41 Å². The molecule has 1 aliphatic heterocycles. The van der Waals surface area contributed by atoms with Crippen LogP contribution in [0, 0.1) is 19.3 Å². The van der Waals surface area contributed by atoms with Crippen LogP contribution < -0.4 is 5.32 Å². The van der Waals surface area contributed by atoms with Gasteiger partial charge in [0.1, 0.15) is 5.52 Å². The van der Waals surface area contributed by atoms with Crippen molar-refractivity contribution < 1.29 is 9.53 Å². The summed E-state index contributed by atoms with van der Waals surface area (Å²) in [5, 5.41) is 7.68. The standard InChI is InChI=1S/C22H28N6O2/c1-15-9-16(2)28(26-15)13-22(5-6-22)12-24-21(29)17-10-19-20(23-11-17)27(14-25-19)18-3-7-30-8-4-18/h9-11,14,18H,3-8,12-13H2,1-2H3,(H,24,29). The number of amides is 1. The normalized spacial score (nSPS) is 18.6. The minimum atomic E-state index is -0.0929. The number of aromatic nitrogens is 5. The van der Waals surface area contributed by atoms with Gasteiger partial charge in [-0.15, -0.1) is 0 Å². The molecule has 3 aromatic heterocycles. The second kappa shape index (κ2) is 7.50. The van der Waals surface area contributed by atoms with Crippen LogP contribution in [-0.4, -0.2) is 50.0 Å². The Morgan fingerprint density at radius 1 is 1.23 bits per heavy atom. The highest BCUT2D eigenvalue weighted by Gasteiger charge is 2.43. The van der Waals surface area contributed by atoms with Gasteiger partial charge in [-0.25, -0.2) is 9.97 Å². The maximum Gasteiger partial charge on any atom is 0.252 e. The van der Waals surface area contributed by atoms with Crippen LogP contribution in [0.4, 0.5) is 0 Å². The molecule has 0 unspecified atom stereocenters. The van der Waals surface area contributed by atoms with Gasteiger partial charge in [0.25, 0.3) is 5.91 Å². The maximum absolute atomic E-state index is 12.8. The highest BCUT2D eigenvalue weighted by molar-refractivity contribution is 5.96. The van der Waals surface area contributed by atoms with Gasteiger partial charge in [-0.1, -0.05) is 0 Å². The summed E-state index contributed by atoms with van der Waals surface area (Å²) in [7, 11) is 0. The zero-order chi connectivity index (χ0) is 20.7. The lowest BCUT2D eigenvalue weighted by atomic mass is 10.1. The second-order valence-electron chi connectivity index (χ2n) is 8.83. The molecule has 30 heavy (non-hydrogen) atoms. The van der Waals surface area contributed by atoms with Crippen LogP contribution in [0.15, 0.2) is 24.7 Å². The molecule has 8 nitrogen and oxygen atoms in total. The molecule has 1 saturated heterocycles. The number of pyridine rings is 1. The van der Waals surface area contributed by atoms with Crippen LogP contribution in [0.3, 0.4) is 0 Å². The molecule has 0 spiro atoms. The summed E-state index contributed by atoms with van der Waals surface area (Å²) >= 11 is 0. The number of aryl methyl sites for hydroxylation is 2. The highest BCUT2D eigenvalue weighted by atomic mass is 16.5. The Morgan fingerprint density at radius 2 is 2.03 bits per heavy atom. The van der Waals surface area contributed by atoms with Crippen molar-refractivity contribution in [3.8, 4) is 0 Å². The number of hydrogen-bond acceptors (Lipinski definition) is 5. The number of fused-ring (bicyclic) bond motifs is 1. The minimum Gasteiger partial charge on any atom is -0.381 e. The minimum absolute atomic E-state index is 0.0929. The Balaban J connectivity index is 1.25. The average Bonchev–Trinajstić information content (AvgIpc) is 3.26. The molecule has 5 rings (SSSR count). The van der Waals surface area contributed by atoms with E-state index < -0.39 is 0 Å². The smallest absolute Gasteiger partial charge is 0.252 e. The Labute approximate surface area is 175 Å². The molecule has 8 heteroatoms. The fourth-order valence-corrected chi connectivity index (χ4v) is 4.36. The van der Waals surface area contributed by atoms with Gasteiger partial charge in [0.2, 0.25) is 0 Å². The first-order valence-electron chi connectivity index (χ1n) is 10.7. The van der Waals surface area contributed by atoms with E-state index >= 15 is 0 Å². The van der Waals surface area contributed by atoms with Crippen molar-refractivity contribution in [1.29, 1.82) is 0 Å². The van der Waals surface area contributed by atoms with E-state index in [4.69, 9.17) is 4.74 Å². The molecule has 0 radical (unpaired) electrons. The molecular weight excluding hydrogens is 380 g/mol. The summed E-state index contributed by atoms with van der Waals surface area (Å²) in [4.78, 5) is 21.8. The van der Waals surface area contributed by atoms with E-state index in [0.29, 0.717) is 18.2 Å². The lowest BCUT2D eigenvalue weighted by molar-refractivity contribution is 0.0704. The summed E-state index contributed by atoms with van der Waals surface area (Å²) in [6.45, 7) is 7.12. The number of rotatable bonds is 6. The Hall–Kier alpha value is -2.74. The third kappa shape index (κ3) is 3.71. The molecule has 1 aliphatic carbocycles. The molecule has 0 atom stereocenters. The first-order valence-corrected chi connectivity index (χ1v) is 10.7. The number of nitrogens with one attached hydrogen (secondary N) is 1. The fraction of sp³-hybridized carbons (Fsp3) is 0.545. The predicted octanol–water partition coefficient (Wildman–Crippen LogP) is 2.81. The van der Waals surface area contributed by atoms with Gasteiger partial charge in [-0.05, 0) is 51.7 Å². The van der Waals surface area contributed by atoms with Crippen molar-refractivity contribution in [2.75, 3.05) is 19.8 Å². The molecule has 3 aromatic rings. The van der Waals surface area contributed by atoms with Crippen LogP contribution in [-0.2, 0) is 11.3 Å². The third-order valence-corrected chi connectivity index (χ3v) is 6.43. The van der Waals surface area contributed by atoms with E-state index in [1.807, 2.05) is 19.3 Å². The summed E-state index contributed by atoms with van der Waals surface area (Å²) in [6, 6.07) is 4.29. The lowest BCUT2D eigenvalue weighted by Crippen LogP contribution is -2.32. The topological polar surface area (TPSA) is 86.9 Å². The number of hydrogen-bond donors (Lipinski definition) is 1. The Bertz CT molecular complexity index is 1070. The van der Waals surface area contributed by atoms with Crippen molar-refractivity contribution in [3.05, 3.63) is 41.6 Å². The molecule has 1 saturated carbocycles. The van der Waals surface area contributed by atoms with E-state index in [-0.39, 0.29) is 11.3 Å². The molecule has 4 heterocycles. The Kier molecular flexibility index (Phi) is 4.81. The summed E-state index contributed by atoms with van der Waals surface area (Å²) in [6.07, 6.45) is 7.65. The molecule has 1 amide bonds. The number of carbonyl (C=O) groups excluding carboxylic acids is 1. The largest absolute Gasteiger partial charge is 0.381 e. The second-order valence-corrected chi connectivity index (χ2v) is 8.83. The zero-order valence-corrected chi connectivity index (χ0v) is 17.6. The molecule has 1 N–H and O–H groups in total. The molecule has 0 bridgehead atoms. The van der Waals surface area contributed by atoms with Crippen molar-refractivity contribution >= 4 is 17.1 Å². The van der Waals surface area contributed by atoms with Gasteiger partial charge < -0.3 is 14.6 Å². The summed E-state index contributed by atoms with van der Waals surface area (Å²) in [5.74, 6) is -0.0929. The third-order valence-electron chi connectivity index (χ3n) is 6.43. The van der Waals surface area contributed by atoms with Gasteiger partial charge in [0, 0.05) is 49.7 Å². The van der Waals surface area contributed by atoms with Gasteiger partial charge in [-0.2, -0.15) is 5.10 Å². The molecule has 2 fully saturated rings. The van der Waals surface area contributed by atoms with Gasteiger partial charge >= 0.3 is 0 Å². The average molecular weight is 409 g/mol. The molecule has 158 valence electrons. The van der Waals surface area contributed by atoms with Crippen LogP contribution in [0.25, 0.3) is 11.2 Å². The zero-order valence-electron chi connectivity index (χ0n) is 17.6. The van der Waals surface area contributed by atoms with E-state index in [1.54, 1.807) is 6.20 Å². The maximum atomic E-state index is 12.8. The molecule has 2 aliphatic rings. The summed E-state index contributed by atoms with van der Waals surface area (Å²) < 4.78 is 9.63. The fourth-order valence-electron chi connectivity index (χ4n) is 4.36. The van der Waals surface area contributed by atoms with Crippen molar-refractivity contribution in [1.82, 2.24) is 29.6 Å². The van der Waals surface area contributed by atoms with Crippen LogP contribution in [0.5, 0.6) is 0 Å². The molecule has 0 aromatic carbocycles. The van der Waals surface area contributed by atoms with Crippen LogP contribution in [0.2, 0.25) is 0 Å². The van der Waals surface area contributed by atoms with E-state index in [1.165, 1.54) is 5.69 Å². The van der Waals surface area contributed by atoms with Gasteiger partial charge in [0.05, 0.1) is 17.6 Å².